The number of ether oxygens (including phenoxy) is 1. The van der Waals surface area contributed by atoms with E-state index < -0.39 is 6.03 Å². The second-order valence-electron chi connectivity index (χ2n) is 7.23. The van der Waals surface area contributed by atoms with E-state index in [4.69, 9.17) is 4.74 Å². The highest BCUT2D eigenvalue weighted by atomic mass is 16.5. The number of benzene rings is 2. The van der Waals surface area contributed by atoms with E-state index in [1.54, 1.807) is 31.4 Å². The van der Waals surface area contributed by atoms with Gasteiger partial charge in [-0.3, -0.25) is 14.5 Å². The number of nitrogens with one attached hydrogen (secondary N) is 2. The van der Waals surface area contributed by atoms with Gasteiger partial charge >= 0.3 is 6.03 Å². The minimum atomic E-state index is -0.445. The van der Waals surface area contributed by atoms with E-state index in [1.807, 2.05) is 43.3 Å². The Morgan fingerprint density at radius 1 is 1.17 bits per heavy atom. The Balaban J connectivity index is 1.75. The standard InChI is InChI=1S/C22H26N4O4/c1-25(2)18(17-10-6-7-11-19(17)30-3)12-23-21(28)16-9-5-4-8-15(16)14-26-20(27)13-24-22(26)29/h4-11,18H,12-14H2,1-3H3,(H,23,28)(H,24,29). The van der Waals surface area contributed by atoms with E-state index in [0.29, 0.717) is 17.7 Å². The molecule has 0 radical (unpaired) electrons. The number of amides is 4. The summed E-state index contributed by atoms with van der Waals surface area (Å²) in [6, 6.07) is 14.1. The zero-order valence-corrected chi connectivity index (χ0v) is 17.3. The summed E-state index contributed by atoms with van der Waals surface area (Å²) < 4.78 is 5.47. The van der Waals surface area contributed by atoms with Crippen LogP contribution in [0.1, 0.15) is 27.5 Å². The van der Waals surface area contributed by atoms with Crippen molar-refractivity contribution in [3.63, 3.8) is 0 Å². The topological polar surface area (TPSA) is 91.0 Å². The molecule has 1 aliphatic heterocycles. The summed E-state index contributed by atoms with van der Waals surface area (Å²) in [5, 5.41) is 5.47. The first kappa shape index (κ1) is 21.3. The molecule has 0 spiro atoms. The van der Waals surface area contributed by atoms with E-state index in [1.165, 1.54) is 0 Å². The highest BCUT2D eigenvalue weighted by molar-refractivity contribution is 6.02. The van der Waals surface area contributed by atoms with Gasteiger partial charge in [0.25, 0.3) is 5.91 Å². The lowest BCUT2D eigenvalue weighted by atomic mass is 10.0. The minimum absolute atomic E-state index is 0.0172. The van der Waals surface area contributed by atoms with E-state index in [-0.39, 0.29) is 30.9 Å². The number of rotatable bonds is 8. The van der Waals surface area contributed by atoms with Crippen LogP contribution in [0.5, 0.6) is 5.75 Å². The molecule has 2 aromatic rings. The maximum absolute atomic E-state index is 13.0. The van der Waals surface area contributed by atoms with Crippen LogP contribution < -0.4 is 15.4 Å². The predicted molar refractivity (Wildman–Crippen MR) is 112 cm³/mol. The molecule has 1 unspecified atom stereocenters. The molecule has 2 N–H and O–H groups in total. The fraction of sp³-hybridized carbons (Fsp3) is 0.318. The summed E-state index contributed by atoms with van der Waals surface area (Å²) >= 11 is 0. The zero-order valence-electron chi connectivity index (χ0n) is 17.3. The number of nitrogens with zero attached hydrogens (tertiary/aromatic N) is 2. The van der Waals surface area contributed by atoms with Crippen molar-refractivity contribution in [2.24, 2.45) is 0 Å². The summed E-state index contributed by atoms with van der Waals surface area (Å²) in [5.74, 6) is 0.183. The van der Waals surface area contributed by atoms with Crippen LogP contribution in [-0.4, -0.2) is 61.9 Å². The van der Waals surface area contributed by atoms with E-state index in [9.17, 15) is 14.4 Å². The third-order valence-corrected chi connectivity index (χ3v) is 5.10. The Morgan fingerprint density at radius 3 is 2.53 bits per heavy atom. The first-order valence-corrected chi connectivity index (χ1v) is 9.66. The fourth-order valence-electron chi connectivity index (χ4n) is 3.46. The van der Waals surface area contributed by atoms with Gasteiger partial charge in [-0.2, -0.15) is 0 Å². The molecule has 158 valence electrons. The van der Waals surface area contributed by atoms with Crippen LogP contribution in [0.2, 0.25) is 0 Å². The molecule has 1 saturated heterocycles. The number of carbonyl (C=O) groups excluding carboxylic acids is 3. The fourth-order valence-corrected chi connectivity index (χ4v) is 3.46. The van der Waals surface area contributed by atoms with Crippen molar-refractivity contribution in [1.29, 1.82) is 0 Å². The van der Waals surface area contributed by atoms with Gasteiger partial charge in [-0.15, -0.1) is 0 Å². The lowest BCUT2D eigenvalue weighted by Crippen LogP contribution is -2.36. The number of likely N-dealkylation sites (N-methyl/N-ethyl adjacent to an activating group) is 1. The van der Waals surface area contributed by atoms with Crippen molar-refractivity contribution in [2.45, 2.75) is 12.6 Å². The average Bonchev–Trinajstić information content (AvgIpc) is 3.06. The number of para-hydroxylation sites is 1. The van der Waals surface area contributed by atoms with Gasteiger partial charge in [0.05, 0.1) is 26.2 Å². The molecule has 2 aromatic carbocycles. The van der Waals surface area contributed by atoms with Gasteiger partial charge in [0.15, 0.2) is 0 Å². The molecule has 0 saturated carbocycles. The van der Waals surface area contributed by atoms with Gasteiger partial charge in [-0.05, 0) is 31.8 Å². The van der Waals surface area contributed by atoms with Crippen molar-refractivity contribution in [1.82, 2.24) is 20.4 Å². The van der Waals surface area contributed by atoms with Crippen LogP contribution in [0.4, 0.5) is 4.79 Å². The van der Waals surface area contributed by atoms with Crippen LogP contribution in [0.15, 0.2) is 48.5 Å². The van der Waals surface area contributed by atoms with Gasteiger partial charge < -0.3 is 20.3 Å². The van der Waals surface area contributed by atoms with Crippen molar-refractivity contribution < 1.29 is 19.1 Å². The van der Waals surface area contributed by atoms with E-state index in [0.717, 1.165) is 16.2 Å². The van der Waals surface area contributed by atoms with Gasteiger partial charge in [-0.25, -0.2) is 4.79 Å². The Bertz CT molecular complexity index is 928. The van der Waals surface area contributed by atoms with Crippen LogP contribution in [0, 0.1) is 0 Å². The molecule has 1 aliphatic rings. The summed E-state index contributed by atoms with van der Waals surface area (Å²) in [6.07, 6.45) is 0. The normalized spacial score (nSPS) is 14.6. The van der Waals surface area contributed by atoms with Crippen LogP contribution in [0.25, 0.3) is 0 Å². The van der Waals surface area contributed by atoms with Crippen LogP contribution in [-0.2, 0) is 11.3 Å². The maximum Gasteiger partial charge on any atom is 0.324 e. The second-order valence-corrected chi connectivity index (χ2v) is 7.23. The molecule has 0 bridgehead atoms. The SMILES string of the molecule is COc1ccccc1C(CNC(=O)c1ccccc1CN1C(=O)CNC1=O)N(C)C. The van der Waals surface area contributed by atoms with E-state index >= 15 is 0 Å². The van der Waals surface area contributed by atoms with Gasteiger partial charge in [0.1, 0.15) is 5.75 Å². The summed E-state index contributed by atoms with van der Waals surface area (Å²) in [4.78, 5) is 39.8. The number of hydrogen-bond donors (Lipinski definition) is 2. The molecule has 8 heteroatoms. The lowest BCUT2D eigenvalue weighted by Gasteiger charge is -2.26. The zero-order chi connectivity index (χ0) is 21.7. The van der Waals surface area contributed by atoms with Crippen molar-refractivity contribution in [3.8, 4) is 5.75 Å². The number of carbonyl (C=O) groups is 3. The first-order valence-electron chi connectivity index (χ1n) is 9.66. The van der Waals surface area contributed by atoms with Crippen LogP contribution in [0.3, 0.4) is 0 Å². The molecular formula is C22H26N4O4. The molecular weight excluding hydrogens is 384 g/mol. The number of hydrogen-bond acceptors (Lipinski definition) is 5. The smallest absolute Gasteiger partial charge is 0.324 e. The summed E-state index contributed by atoms with van der Waals surface area (Å²) in [5.41, 5.74) is 2.01. The Labute approximate surface area is 175 Å². The monoisotopic (exact) mass is 410 g/mol. The highest BCUT2D eigenvalue weighted by Gasteiger charge is 2.29. The number of urea groups is 1. The average molecular weight is 410 g/mol. The molecule has 8 nitrogen and oxygen atoms in total. The lowest BCUT2D eigenvalue weighted by molar-refractivity contribution is -0.125. The molecule has 3 rings (SSSR count). The molecule has 0 aliphatic carbocycles. The predicted octanol–water partition coefficient (Wildman–Crippen LogP) is 1.78. The molecule has 4 amide bonds. The quantitative estimate of drug-likeness (QED) is 0.648. The third kappa shape index (κ3) is 4.60. The molecule has 1 atom stereocenters. The van der Waals surface area contributed by atoms with E-state index in [2.05, 4.69) is 10.6 Å². The first-order chi connectivity index (χ1) is 14.4. The third-order valence-electron chi connectivity index (χ3n) is 5.10. The minimum Gasteiger partial charge on any atom is -0.496 e. The van der Waals surface area contributed by atoms with Gasteiger partial charge in [-0.1, -0.05) is 36.4 Å². The van der Waals surface area contributed by atoms with Gasteiger partial charge in [0, 0.05) is 17.7 Å². The number of methoxy groups -OCH3 is 1. The Kier molecular flexibility index (Phi) is 6.68. The molecule has 0 aromatic heterocycles. The highest BCUT2D eigenvalue weighted by Crippen LogP contribution is 2.27. The second kappa shape index (κ2) is 9.41. The van der Waals surface area contributed by atoms with Gasteiger partial charge in [0.2, 0.25) is 5.91 Å². The van der Waals surface area contributed by atoms with Crippen LogP contribution >= 0.6 is 0 Å². The van der Waals surface area contributed by atoms with Crippen molar-refractivity contribution >= 4 is 17.8 Å². The molecule has 1 fully saturated rings. The van der Waals surface area contributed by atoms with Crippen molar-refractivity contribution in [3.05, 3.63) is 65.2 Å². The van der Waals surface area contributed by atoms with Crippen molar-refractivity contribution in [2.75, 3.05) is 34.3 Å². The summed E-state index contributed by atoms with van der Waals surface area (Å²) in [7, 11) is 5.50. The largest absolute Gasteiger partial charge is 0.496 e. The molecule has 1 heterocycles. The Morgan fingerprint density at radius 2 is 1.87 bits per heavy atom. The number of imide groups is 1. The summed E-state index contributed by atoms with van der Waals surface area (Å²) in [6.45, 7) is 0.401. The maximum atomic E-state index is 13.0. The Hall–Kier alpha value is -3.39. The molecule has 30 heavy (non-hydrogen) atoms.